The minimum Gasteiger partial charge on any atom is -0.338 e. The summed E-state index contributed by atoms with van der Waals surface area (Å²) in [4.78, 5) is 13.1. The van der Waals surface area contributed by atoms with E-state index in [0.717, 1.165) is 19.5 Å². The number of carbonyl (C=O) groups is 1. The minimum atomic E-state index is 0.0502. The molecule has 3 nitrogen and oxygen atoms in total. The van der Waals surface area contributed by atoms with Crippen LogP contribution in [-0.2, 0) is 4.79 Å². The van der Waals surface area contributed by atoms with Crippen molar-refractivity contribution >= 4 is 5.91 Å². The van der Waals surface area contributed by atoms with E-state index in [2.05, 4.69) is 26.8 Å². The van der Waals surface area contributed by atoms with Crippen molar-refractivity contribution in [2.45, 2.75) is 27.2 Å². The Labute approximate surface area is 86.0 Å². The molecule has 0 fully saturated rings. The number of hydrogen-bond acceptors (Lipinski definition) is 2. The Morgan fingerprint density at radius 1 is 1.57 bits per heavy atom. The van der Waals surface area contributed by atoms with Crippen LogP contribution in [0, 0.1) is 5.41 Å². The first-order chi connectivity index (χ1) is 6.45. The summed E-state index contributed by atoms with van der Waals surface area (Å²) >= 11 is 0. The third-order valence-electron chi connectivity index (χ3n) is 2.70. The van der Waals surface area contributed by atoms with E-state index in [9.17, 15) is 4.79 Å². The van der Waals surface area contributed by atoms with Crippen molar-refractivity contribution in [1.82, 2.24) is 4.90 Å². The summed E-state index contributed by atoms with van der Waals surface area (Å²) in [5, 5.41) is 0. The summed E-state index contributed by atoms with van der Waals surface area (Å²) in [6, 6.07) is 0. The molecule has 14 heavy (non-hydrogen) atoms. The van der Waals surface area contributed by atoms with E-state index >= 15 is 0 Å². The fourth-order valence-corrected chi connectivity index (χ4v) is 1.71. The Kier molecular flexibility index (Phi) is 3.32. The standard InChI is InChI=1S/C11H20N2O/c1-11(2,3)9-4-6-13(7-5-9)10(14)8-12/h4H,5-8,12H2,1-3H3. The molecule has 0 bridgehead atoms. The molecule has 0 saturated carbocycles. The molecule has 1 heterocycles. The van der Waals surface area contributed by atoms with Crippen molar-refractivity contribution in [3.63, 3.8) is 0 Å². The highest BCUT2D eigenvalue weighted by atomic mass is 16.2. The molecule has 0 aromatic rings. The van der Waals surface area contributed by atoms with Gasteiger partial charge in [0.1, 0.15) is 0 Å². The predicted octanol–water partition coefficient (Wildman–Crippen LogP) is 1.15. The van der Waals surface area contributed by atoms with Crippen molar-refractivity contribution in [2.24, 2.45) is 11.1 Å². The van der Waals surface area contributed by atoms with Crippen LogP contribution in [0.5, 0.6) is 0 Å². The van der Waals surface area contributed by atoms with Gasteiger partial charge >= 0.3 is 0 Å². The molecule has 1 amide bonds. The molecular formula is C11H20N2O. The maximum atomic E-state index is 11.3. The first kappa shape index (κ1) is 11.2. The van der Waals surface area contributed by atoms with Crippen molar-refractivity contribution in [3.05, 3.63) is 11.6 Å². The Morgan fingerprint density at radius 3 is 2.57 bits per heavy atom. The van der Waals surface area contributed by atoms with Gasteiger partial charge in [-0.25, -0.2) is 0 Å². The van der Waals surface area contributed by atoms with E-state index in [4.69, 9.17) is 5.73 Å². The Hall–Kier alpha value is -0.830. The number of carbonyl (C=O) groups excluding carboxylic acids is 1. The Morgan fingerprint density at radius 2 is 2.21 bits per heavy atom. The fraction of sp³-hybridized carbons (Fsp3) is 0.727. The lowest BCUT2D eigenvalue weighted by molar-refractivity contribution is -0.129. The van der Waals surface area contributed by atoms with Crippen LogP contribution in [0.1, 0.15) is 27.2 Å². The summed E-state index contributed by atoms with van der Waals surface area (Å²) in [6.07, 6.45) is 3.15. The maximum Gasteiger partial charge on any atom is 0.236 e. The van der Waals surface area contributed by atoms with Crippen LogP contribution in [0.15, 0.2) is 11.6 Å². The molecule has 0 radical (unpaired) electrons. The van der Waals surface area contributed by atoms with Gasteiger partial charge in [0, 0.05) is 13.1 Å². The molecule has 1 aliphatic rings. The number of nitrogens with two attached hydrogens (primary N) is 1. The normalized spacial score (nSPS) is 18.0. The van der Waals surface area contributed by atoms with Gasteiger partial charge in [0.05, 0.1) is 6.54 Å². The van der Waals surface area contributed by atoms with Gasteiger partial charge in [-0.15, -0.1) is 0 Å². The highest BCUT2D eigenvalue weighted by Crippen LogP contribution is 2.29. The lowest BCUT2D eigenvalue weighted by Crippen LogP contribution is -2.39. The average molecular weight is 196 g/mol. The number of nitrogens with zero attached hydrogens (tertiary/aromatic N) is 1. The summed E-state index contributed by atoms with van der Waals surface area (Å²) < 4.78 is 0. The highest BCUT2D eigenvalue weighted by Gasteiger charge is 2.22. The Balaban J connectivity index is 2.60. The quantitative estimate of drug-likeness (QED) is 0.639. The zero-order chi connectivity index (χ0) is 10.8. The second kappa shape index (κ2) is 4.13. The van der Waals surface area contributed by atoms with E-state index in [1.54, 1.807) is 0 Å². The molecule has 1 rings (SSSR count). The topological polar surface area (TPSA) is 46.3 Å². The molecule has 80 valence electrons. The molecule has 0 aliphatic carbocycles. The molecule has 2 N–H and O–H groups in total. The van der Waals surface area contributed by atoms with E-state index in [0.29, 0.717) is 0 Å². The monoisotopic (exact) mass is 196 g/mol. The molecule has 0 saturated heterocycles. The fourth-order valence-electron chi connectivity index (χ4n) is 1.71. The summed E-state index contributed by atoms with van der Waals surface area (Å²) in [6.45, 7) is 8.29. The predicted molar refractivity (Wildman–Crippen MR) is 57.8 cm³/mol. The largest absolute Gasteiger partial charge is 0.338 e. The van der Waals surface area contributed by atoms with Gasteiger partial charge in [-0.05, 0) is 11.8 Å². The van der Waals surface area contributed by atoms with Crippen LogP contribution >= 0.6 is 0 Å². The second-order valence-corrected chi connectivity index (χ2v) is 4.77. The molecule has 1 aliphatic heterocycles. The van der Waals surface area contributed by atoms with Crippen molar-refractivity contribution in [3.8, 4) is 0 Å². The van der Waals surface area contributed by atoms with Crippen LogP contribution in [0.3, 0.4) is 0 Å². The Bertz CT molecular complexity index is 251. The smallest absolute Gasteiger partial charge is 0.236 e. The van der Waals surface area contributed by atoms with E-state index in [1.807, 2.05) is 4.90 Å². The number of amides is 1. The lowest BCUT2D eigenvalue weighted by Gasteiger charge is -2.32. The highest BCUT2D eigenvalue weighted by molar-refractivity contribution is 5.78. The average Bonchev–Trinajstić information content (AvgIpc) is 2.15. The number of rotatable bonds is 1. The lowest BCUT2D eigenvalue weighted by atomic mass is 9.83. The van der Waals surface area contributed by atoms with Gasteiger partial charge in [0.15, 0.2) is 0 Å². The minimum absolute atomic E-state index is 0.0502. The first-order valence-corrected chi connectivity index (χ1v) is 5.12. The molecule has 0 aromatic carbocycles. The second-order valence-electron chi connectivity index (χ2n) is 4.77. The SMILES string of the molecule is CC(C)(C)C1=CCN(C(=O)CN)CC1. The van der Waals surface area contributed by atoms with E-state index in [-0.39, 0.29) is 17.9 Å². The molecular weight excluding hydrogens is 176 g/mol. The maximum absolute atomic E-state index is 11.3. The van der Waals surface area contributed by atoms with Crippen molar-refractivity contribution < 1.29 is 4.79 Å². The van der Waals surface area contributed by atoms with Crippen LogP contribution in [0.4, 0.5) is 0 Å². The zero-order valence-corrected chi connectivity index (χ0v) is 9.34. The van der Waals surface area contributed by atoms with Gasteiger partial charge in [-0.3, -0.25) is 4.79 Å². The van der Waals surface area contributed by atoms with Gasteiger partial charge in [-0.2, -0.15) is 0 Å². The first-order valence-electron chi connectivity index (χ1n) is 5.12. The molecule has 3 heteroatoms. The van der Waals surface area contributed by atoms with Crippen LogP contribution in [0.2, 0.25) is 0 Å². The van der Waals surface area contributed by atoms with Gasteiger partial charge < -0.3 is 10.6 Å². The van der Waals surface area contributed by atoms with Crippen LogP contribution < -0.4 is 5.73 Å². The summed E-state index contributed by atoms with van der Waals surface area (Å²) in [5.74, 6) is 0.0502. The molecule has 0 atom stereocenters. The summed E-state index contributed by atoms with van der Waals surface area (Å²) in [7, 11) is 0. The van der Waals surface area contributed by atoms with E-state index < -0.39 is 0 Å². The summed E-state index contributed by atoms with van der Waals surface area (Å²) in [5.41, 5.74) is 6.99. The molecule has 0 aromatic heterocycles. The number of hydrogen-bond donors (Lipinski definition) is 1. The van der Waals surface area contributed by atoms with E-state index in [1.165, 1.54) is 5.57 Å². The third kappa shape index (κ3) is 2.58. The van der Waals surface area contributed by atoms with Gasteiger partial charge in [0.2, 0.25) is 5.91 Å². The van der Waals surface area contributed by atoms with Crippen LogP contribution in [-0.4, -0.2) is 30.4 Å². The van der Waals surface area contributed by atoms with Crippen molar-refractivity contribution in [1.29, 1.82) is 0 Å². The molecule has 0 spiro atoms. The van der Waals surface area contributed by atoms with Gasteiger partial charge in [-0.1, -0.05) is 32.4 Å². The van der Waals surface area contributed by atoms with Crippen molar-refractivity contribution in [2.75, 3.05) is 19.6 Å². The molecule has 0 unspecified atom stereocenters. The van der Waals surface area contributed by atoms with Crippen LogP contribution in [0.25, 0.3) is 0 Å². The van der Waals surface area contributed by atoms with Gasteiger partial charge in [0.25, 0.3) is 0 Å². The third-order valence-corrected chi connectivity index (χ3v) is 2.70. The zero-order valence-electron chi connectivity index (χ0n) is 9.34.